The lowest BCUT2D eigenvalue weighted by molar-refractivity contribution is -0.385. The molecule has 0 saturated carbocycles. The average molecular weight is 385 g/mol. The van der Waals surface area contributed by atoms with Gasteiger partial charge in [0, 0.05) is 37.3 Å². The number of amides is 1. The largest absolute Gasteiger partial charge is 0.350 e. The molecule has 0 bridgehead atoms. The molecule has 6 nitrogen and oxygen atoms in total. The van der Waals surface area contributed by atoms with Gasteiger partial charge in [-0.15, -0.1) is 0 Å². The lowest BCUT2D eigenvalue weighted by atomic mass is 9.98. The Morgan fingerprint density at radius 1 is 1.32 bits per heavy atom. The molecule has 0 spiro atoms. The third-order valence-electron chi connectivity index (χ3n) is 5.42. The molecule has 1 aliphatic heterocycles. The summed E-state index contributed by atoms with van der Waals surface area (Å²) in [5.41, 5.74) is 2.17. The Labute approximate surface area is 163 Å². The van der Waals surface area contributed by atoms with Gasteiger partial charge in [0.05, 0.1) is 10.5 Å². The molecule has 3 rings (SSSR count). The van der Waals surface area contributed by atoms with Gasteiger partial charge in [0.2, 0.25) is 0 Å². The van der Waals surface area contributed by atoms with Gasteiger partial charge in [-0.1, -0.05) is 31.2 Å². The van der Waals surface area contributed by atoms with E-state index in [1.54, 1.807) is 0 Å². The number of hydrogen-bond donors (Lipinski definition) is 1. The molecule has 0 saturated heterocycles. The van der Waals surface area contributed by atoms with Crippen LogP contribution in [0.5, 0.6) is 0 Å². The summed E-state index contributed by atoms with van der Waals surface area (Å²) in [5, 5.41) is 13.9. The molecule has 7 heteroatoms. The minimum absolute atomic E-state index is 0.0337. The van der Waals surface area contributed by atoms with Crippen LogP contribution >= 0.6 is 0 Å². The lowest BCUT2D eigenvalue weighted by Gasteiger charge is -2.35. The van der Waals surface area contributed by atoms with Crippen LogP contribution in [0.3, 0.4) is 0 Å². The third kappa shape index (κ3) is 4.20. The number of carbonyl (C=O) groups is 1. The zero-order valence-electron chi connectivity index (χ0n) is 16.1. The van der Waals surface area contributed by atoms with E-state index in [1.165, 1.54) is 18.1 Å². The molecule has 2 aromatic rings. The van der Waals surface area contributed by atoms with Gasteiger partial charge < -0.3 is 5.32 Å². The molecular weight excluding hydrogens is 361 g/mol. The van der Waals surface area contributed by atoms with E-state index in [0.29, 0.717) is 6.54 Å². The van der Waals surface area contributed by atoms with Crippen molar-refractivity contribution in [1.82, 2.24) is 10.2 Å². The normalized spacial score (nSPS) is 15.0. The van der Waals surface area contributed by atoms with Crippen LogP contribution in [0.2, 0.25) is 0 Å². The number of nitro groups is 1. The number of nitro benzene ring substituents is 1. The van der Waals surface area contributed by atoms with Crippen molar-refractivity contribution in [3.63, 3.8) is 0 Å². The molecule has 28 heavy (non-hydrogen) atoms. The molecule has 1 amide bonds. The van der Waals surface area contributed by atoms with E-state index in [2.05, 4.69) is 29.3 Å². The van der Waals surface area contributed by atoms with E-state index in [9.17, 15) is 19.3 Å². The van der Waals surface area contributed by atoms with Crippen molar-refractivity contribution in [2.45, 2.75) is 39.3 Å². The maximum atomic E-state index is 14.0. The minimum atomic E-state index is -0.751. The van der Waals surface area contributed by atoms with Crippen molar-refractivity contribution in [3.05, 3.63) is 74.6 Å². The van der Waals surface area contributed by atoms with Crippen LogP contribution in [0.4, 0.5) is 10.1 Å². The monoisotopic (exact) mass is 385 g/mol. The van der Waals surface area contributed by atoms with Crippen LogP contribution in [0.1, 0.15) is 40.4 Å². The van der Waals surface area contributed by atoms with Crippen LogP contribution in [-0.4, -0.2) is 34.9 Å². The Morgan fingerprint density at radius 3 is 2.71 bits per heavy atom. The van der Waals surface area contributed by atoms with E-state index in [1.807, 2.05) is 12.1 Å². The Hall–Kier alpha value is -2.80. The van der Waals surface area contributed by atoms with Crippen LogP contribution in [-0.2, 0) is 13.0 Å². The van der Waals surface area contributed by atoms with Gasteiger partial charge in [0.1, 0.15) is 5.82 Å². The predicted octanol–water partition coefficient (Wildman–Crippen LogP) is 3.61. The standard InChI is InChI=1S/C21H24FN3O3/c1-3-18(24-9-8-15-6-4-5-7-16(15)13-24)12-23-21(26)17-10-19(22)14(2)20(11-17)25(27)28/h4-7,10-11,18H,3,8-9,12-13H2,1-2H3,(H,23,26). The van der Waals surface area contributed by atoms with Gasteiger partial charge in [-0.05, 0) is 37.0 Å². The first kappa shape index (κ1) is 19.9. The van der Waals surface area contributed by atoms with Gasteiger partial charge in [-0.2, -0.15) is 0 Å². The molecule has 1 unspecified atom stereocenters. The zero-order valence-corrected chi connectivity index (χ0v) is 16.1. The molecule has 1 heterocycles. The zero-order chi connectivity index (χ0) is 20.3. The lowest BCUT2D eigenvalue weighted by Crippen LogP contribution is -2.45. The Balaban J connectivity index is 1.67. The fourth-order valence-corrected chi connectivity index (χ4v) is 3.66. The molecule has 148 valence electrons. The smallest absolute Gasteiger partial charge is 0.276 e. The van der Waals surface area contributed by atoms with Gasteiger partial charge >= 0.3 is 0 Å². The second-order valence-electron chi connectivity index (χ2n) is 7.12. The van der Waals surface area contributed by atoms with Crippen molar-refractivity contribution >= 4 is 11.6 Å². The van der Waals surface area contributed by atoms with Gasteiger partial charge in [-0.25, -0.2) is 4.39 Å². The van der Waals surface area contributed by atoms with E-state index in [-0.39, 0.29) is 22.9 Å². The van der Waals surface area contributed by atoms with Crippen LogP contribution in [0.25, 0.3) is 0 Å². The van der Waals surface area contributed by atoms with E-state index in [0.717, 1.165) is 38.1 Å². The van der Waals surface area contributed by atoms with Crippen molar-refractivity contribution in [2.24, 2.45) is 0 Å². The SMILES string of the molecule is CCC(CNC(=O)c1cc(F)c(C)c([N+](=O)[O-])c1)N1CCc2ccccc2C1. The van der Waals surface area contributed by atoms with Gasteiger partial charge in [0.15, 0.2) is 0 Å². The molecule has 2 aromatic carbocycles. The molecule has 1 N–H and O–H groups in total. The Kier molecular flexibility index (Phi) is 6.04. The fraction of sp³-hybridized carbons (Fsp3) is 0.381. The molecule has 0 aromatic heterocycles. The van der Waals surface area contributed by atoms with Crippen LogP contribution < -0.4 is 5.32 Å². The number of benzene rings is 2. The average Bonchev–Trinajstić information content (AvgIpc) is 2.69. The number of rotatable bonds is 6. The number of carbonyl (C=O) groups excluding carboxylic acids is 1. The van der Waals surface area contributed by atoms with Crippen molar-refractivity contribution < 1.29 is 14.1 Å². The van der Waals surface area contributed by atoms with Gasteiger partial charge in [-0.3, -0.25) is 19.8 Å². The summed E-state index contributed by atoms with van der Waals surface area (Å²) in [4.78, 5) is 25.2. The maximum absolute atomic E-state index is 14.0. The predicted molar refractivity (Wildman–Crippen MR) is 105 cm³/mol. The van der Waals surface area contributed by atoms with E-state index in [4.69, 9.17) is 0 Å². The maximum Gasteiger partial charge on any atom is 0.276 e. The molecule has 0 aliphatic carbocycles. The highest BCUT2D eigenvalue weighted by Gasteiger charge is 2.24. The highest BCUT2D eigenvalue weighted by molar-refractivity contribution is 5.95. The summed E-state index contributed by atoms with van der Waals surface area (Å²) in [6.45, 7) is 5.54. The highest BCUT2D eigenvalue weighted by atomic mass is 19.1. The molecule has 1 atom stereocenters. The number of nitrogens with zero attached hydrogens (tertiary/aromatic N) is 2. The molecule has 0 radical (unpaired) electrons. The highest BCUT2D eigenvalue weighted by Crippen LogP contribution is 2.23. The first-order valence-electron chi connectivity index (χ1n) is 9.44. The number of hydrogen-bond acceptors (Lipinski definition) is 4. The number of nitrogens with one attached hydrogen (secondary N) is 1. The van der Waals surface area contributed by atoms with Crippen molar-refractivity contribution in [3.8, 4) is 0 Å². The first-order valence-corrected chi connectivity index (χ1v) is 9.44. The third-order valence-corrected chi connectivity index (χ3v) is 5.42. The second kappa shape index (κ2) is 8.48. The number of fused-ring (bicyclic) bond motifs is 1. The summed E-state index contributed by atoms with van der Waals surface area (Å²) in [6.07, 6.45) is 1.82. The molecular formula is C21H24FN3O3. The topological polar surface area (TPSA) is 75.5 Å². The Bertz CT molecular complexity index is 900. The number of halogens is 1. The van der Waals surface area contributed by atoms with Crippen LogP contribution in [0, 0.1) is 22.9 Å². The summed E-state index contributed by atoms with van der Waals surface area (Å²) in [7, 11) is 0. The minimum Gasteiger partial charge on any atom is -0.350 e. The van der Waals surface area contributed by atoms with E-state index >= 15 is 0 Å². The molecule has 0 fully saturated rings. The van der Waals surface area contributed by atoms with Crippen molar-refractivity contribution in [1.29, 1.82) is 0 Å². The summed E-state index contributed by atoms with van der Waals surface area (Å²) in [6, 6.07) is 10.7. The second-order valence-corrected chi connectivity index (χ2v) is 7.12. The fourth-order valence-electron chi connectivity index (χ4n) is 3.66. The van der Waals surface area contributed by atoms with Crippen molar-refractivity contribution in [2.75, 3.05) is 13.1 Å². The summed E-state index contributed by atoms with van der Waals surface area (Å²) in [5.74, 6) is -1.25. The van der Waals surface area contributed by atoms with Crippen LogP contribution in [0.15, 0.2) is 36.4 Å². The summed E-state index contributed by atoms with van der Waals surface area (Å²) >= 11 is 0. The van der Waals surface area contributed by atoms with E-state index < -0.39 is 16.6 Å². The quantitative estimate of drug-likeness (QED) is 0.609. The first-order chi connectivity index (χ1) is 13.4. The molecule has 1 aliphatic rings. The Morgan fingerprint density at radius 2 is 2.04 bits per heavy atom. The summed E-state index contributed by atoms with van der Waals surface area (Å²) < 4.78 is 14.0. The van der Waals surface area contributed by atoms with Gasteiger partial charge in [0.25, 0.3) is 11.6 Å².